The van der Waals surface area contributed by atoms with Gasteiger partial charge >= 0.3 is 6.61 Å². The maximum absolute atomic E-state index is 13.8. The Kier molecular flexibility index (Phi) is 6.97. The summed E-state index contributed by atoms with van der Waals surface area (Å²) < 4.78 is 44.0. The first-order valence-electron chi connectivity index (χ1n) is 10.8. The maximum atomic E-state index is 13.8. The number of aromatic nitrogens is 2. The van der Waals surface area contributed by atoms with Crippen molar-refractivity contribution in [1.29, 1.82) is 0 Å². The van der Waals surface area contributed by atoms with Gasteiger partial charge in [0.05, 0.1) is 23.5 Å². The fourth-order valence-electron chi connectivity index (χ4n) is 3.91. The van der Waals surface area contributed by atoms with E-state index in [-0.39, 0.29) is 22.7 Å². The van der Waals surface area contributed by atoms with Crippen LogP contribution < -0.4 is 15.6 Å². The van der Waals surface area contributed by atoms with Crippen molar-refractivity contribution in [3.63, 3.8) is 0 Å². The number of aliphatic hydroxyl groups is 1. The molecule has 10 heteroatoms. The van der Waals surface area contributed by atoms with Gasteiger partial charge in [0, 0.05) is 5.56 Å². The first-order valence-corrected chi connectivity index (χ1v) is 10.8. The van der Waals surface area contributed by atoms with Gasteiger partial charge in [0.15, 0.2) is 0 Å². The molecule has 0 aliphatic heterocycles. The highest BCUT2D eigenvalue weighted by molar-refractivity contribution is 5.95. The van der Waals surface area contributed by atoms with Crippen LogP contribution in [0.1, 0.15) is 36.0 Å². The minimum atomic E-state index is -2.98. The SMILES string of the molecule is O=C(N[C@@H]1CCCC[C@@H]1O)c1cc(-c2ccc(OC(F)F)cc2)nn(-c2cccc(F)c2)c1=O. The minimum Gasteiger partial charge on any atom is -0.435 e. The molecule has 1 aliphatic rings. The fourth-order valence-corrected chi connectivity index (χ4v) is 3.91. The van der Waals surface area contributed by atoms with Crippen LogP contribution in [0, 0.1) is 5.82 Å². The molecule has 0 bridgehead atoms. The second-order valence-corrected chi connectivity index (χ2v) is 7.97. The molecule has 0 saturated heterocycles. The van der Waals surface area contributed by atoms with E-state index >= 15 is 0 Å². The molecule has 1 fully saturated rings. The largest absolute Gasteiger partial charge is 0.435 e. The van der Waals surface area contributed by atoms with E-state index in [1.165, 1.54) is 48.5 Å². The van der Waals surface area contributed by atoms with Crippen LogP contribution in [-0.4, -0.2) is 39.6 Å². The van der Waals surface area contributed by atoms with Crippen molar-refractivity contribution in [3.8, 4) is 22.7 Å². The van der Waals surface area contributed by atoms with E-state index in [4.69, 9.17) is 0 Å². The van der Waals surface area contributed by atoms with Crippen molar-refractivity contribution in [2.45, 2.75) is 44.4 Å². The zero-order valence-electron chi connectivity index (χ0n) is 18.0. The van der Waals surface area contributed by atoms with Gasteiger partial charge in [-0.2, -0.15) is 18.6 Å². The van der Waals surface area contributed by atoms with Gasteiger partial charge in [-0.3, -0.25) is 9.59 Å². The number of carbonyl (C=O) groups excluding carboxylic acids is 1. The Morgan fingerprint density at radius 2 is 1.85 bits per heavy atom. The molecule has 4 rings (SSSR count). The van der Waals surface area contributed by atoms with Crippen LogP contribution in [0.4, 0.5) is 13.2 Å². The number of nitrogens with one attached hydrogen (secondary N) is 1. The van der Waals surface area contributed by atoms with Gasteiger partial charge in [-0.15, -0.1) is 0 Å². The van der Waals surface area contributed by atoms with Crippen LogP contribution in [-0.2, 0) is 0 Å². The van der Waals surface area contributed by atoms with Crippen LogP contribution in [0.5, 0.6) is 5.75 Å². The number of rotatable bonds is 6. The van der Waals surface area contributed by atoms with Gasteiger partial charge in [0.2, 0.25) is 0 Å². The van der Waals surface area contributed by atoms with Crippen molar-refractivity contribution < 1.29 is 27.8 Å². The van der Waals surface area contributed by atoms with Crippen LogP contribution in [0.25, 0.3) is 16.9 Å². The molecule has 2 aromatic carbocycles. The number of nitrogens with zero attached hydrogens (tertiary/aromatic N) is 2. The first-order chi connectivity index (χ1) is 16.3. The lowest BCUT2D eigenvalue weighted by Gasteiger charge is -2.28. The predicted octanol–water partition coefficient (Wildman–Crippen LogP) is 3.67. The number of carbonyl (C=O) groups is 1. The molecule has 1 heterocycles. The summed E-state index contributed by atoms with van der Waals surface area (Å²) in [5.74, 6) is -1.36. The van der Waals surface area contributed by atoms with Gasteiger partial charge in [0.1, 0.15) is 17.1 Å². The molecule has 2 N–H and O–H groups in total. The Labute approximate surface area is 192 Å². The first kappa shape index (κ1) is 23.5. The van der Waals surface area contributed by atoms with E-state index in [2.05, 4.69) is 15.2 Å². The number of ether oxygens (including phenoxy) is 1. The van der Waals surface area contributed by atoms with Crippen LogP contribution in [0.3, 0.4) is 0 Å². The third kappa shape index (κ3) is 5.28. The van der Waals surface area contributed by atoms with Crippen LogP contribution >= 0.6 is 0 Å². The third-order valence-electron chi connectivity index (χ3n) is 5.63. The lowest BCUT2D eigenvalue weighted by Crippen LogP contribution is -2.46. The van der Waals surface area contributed by atoms with Gasteiger partial charge in [-0.05, 0) is 61.4 Å². The molecule has 2 atom stereocenters. The monoisotopic (exact) mass is 473 g/mol. The number of hydrogen-bond acceptors (Lipinski definition) is 5. The molecule has 34 heavy (non-hydrogen) atoms. The second kappa shape index (κ2) is 10.1. The van der Waals surface area contributed by atoms with Crippen LogP contribution in [0.15, 0.2) is 59.4 Å². The zero-order valence-corrected chi connectivity index (χ0v) is 18.0. The standard InChI is InChI=1S/C24H22F3N3O4/c25-15-4-3-5-16(12-15)30-23(33)18(22(32)28-19-6-1-2-7-21(19)31)13-20(29-30)14-8-10-17(11-9-14)34-24(26)27/h3-5,8-13,19,21,24,31H,1-2,6-7H2,(H,28,32)/t19-,21+/m1/s1. The molecule has 1 aromatic heterocycles. The van der Waals surface area contributed by atoms with Gasteiger partial charge in [0.25, 0.3) is 11.5 Å². The Hall–Kier alpha value is -3.66. The summed E-state index contributed by atoms with van der Waals surface area (Å²) in [6.07, 6.45) is 2.10. The topological polar surface area (TPSA) is 93.4 Å². The summed E-state index contributed by atoms with van der Waals surface area (Å²) in [5.41, 5.74) is -0.314. The summed E-state index contributed by atoms with van der Waals surface area (Å²) in [6.45, 7) is -2.98. The average molecular weight is 473 g/mol. The van der Waals surface area contributed by atoms with E-state index in [9.17, 15) is 27.9 Å². The van der Waals surface area contributed by atoms with E-state index < -0.39 is 36.0 Å². The van der Waals surface area contributed by atoms with Crippen molar-refractivity contribution in [1.82, 2.24) is 15.1 Å². The molecule has 3 aromatic rings. The highest BCUT2D eigenvalue weighted by Crippen LogP contribution is 2.23. The summed E-state index contributed by atoms with van der Waals surface area (Å²) in [5, 5.41) is 17.2. The second-order valence-electron chi connectivity index (χ2n) is 7.97. The molecular formula is C24H22F3N3O4. The minimum absolute atomic E-state index is 0.0681. The molecule has 1 saturated carbocycles. The molecule has 1 amide bonds. The number of aliphatic hydroxyl groups excluding tert-OH is 1. The summed E-state index contributed by atoms with van der Waals surface area (Å²) >= 11 is 0. The van der Waals surface area contributed by atoms with Gasteiger partial charge in [-0.25, -0.2) is 4.39 Å². The molecule has 0 radical (unpaired) electrons. The Morgan fingerprint density at radius 3 is 2.53 bits per heavy atom. The van der Waals surface area contributed by atoms with Crippen LogP contribution in [0.2, 0.25) is 0 Å². The summed E-state index contributed by atoms with van der Waals surface area (Å²) in [4.78, 5) is 26.2. The molecule has 1 aliphatic carbocycles. The maximum Gasteiger partial charge on any atom is 0.387 e. The molecule has 178 valence electrons. The number of hydrogen-bond donors (Lipinski definition) is 2. The van der Waals surface area contributed by atoms with Crippen molar-refractivity contribution in [2.24, 2.45) is 0 Å². The number of alkyl halides is 2. The number of amides is 1. The predicted molar refractivity (Wildman–Crippen MR) is 118 cm³/mol. The van der Waals surface area contributed by atoms with Gasteiger partial charge in [-0.1, -0.05) is 18.9 Å². The highest BCUT2D eigenvalue weighted by atomic mass is 19.3. The quantitative estimate of drug-likeness (QED) is 0.570. The fraction of sp³-hybridized carbons (Fsp3) is 0.292. The van der Waals surface area contributed by atoms with Gasteiger partial charge < -0.3 is 15.2 Å². The number of halogens is 3. The van der Waals surface area contributed by atoms with Crippen molar-refractivity contribution >= 4 is 5.91 Å². The Bertz CT molecular complexity index is 1230. The normalized spacial score (nSPS) is 18.0. The van der Waals surface area contributed by atoms with Crippen molar-refractivity contribution in [2.75, 3.05) is 0 Å². The molecular weight excluding hydrogens is 451 g/mol. The lowest BCUT2D eigenvalue weighted by molar-refractivity contribution is -0.0498. The smallest absolute Gasteiger partial charge is 0.387 e. The third-order valence-corrected chi connectivity index (χ3v) is 5.63. The molecule has 0 unspecified atom stereocenters. The van der Waals surface area contributed by atoms with E-state index in [1.807, 2.05) is 0 Å². The van der Waals surface area contributed by atoms with E-state index in [0.717, 1.165) is 23.6 Å². The highest BCUT2D eigenvalue weighted by Gasteiger charge is 2.27. The molecule has 0 spiro atoms. The molecule has 7 nitrogen and oxygen atoms in total. The summed E-state index contributed by atoms with van der Waals surface area (Å²) in [7, 11) is 0. The Balaban J connectivity index is 1.76. The van der Waals surface area contributed by atoms with E-state index in [0.29, 0.717) is 18.4 Å². The number of benzene rings is 2. The van der Waals surface area contributed by atoms with E-state index in [1.54, 1.807) is 0 Å². The Morgan fingerprint density at radius 1 is 1.12 bits per heavy atom. The zero-order chi connectivity index (χ0) is 24.2. The lowest BCUT2D eigenvalue weighted by atomic mass is 9.92. The van der Waals surface area contributed by atoms with Crippen molar-refractivity contribution in [3.05, 3.63) is 76.3 Å². The average Bonchev–Trinajstić information content (AvgIpc) is 2.81. The summed E-state index contributed by atoms with van der Waals surface area (Å²) in [6, 6.07) is 11.5.